The second-order valence-electron chi connectivity index (χ2n) is 3.97. The topological polar surface area (TPSA) is 78.9 Å². The zero-order valence-electron chi connectivity index (χ0n) is 8.96. The maximum atomic E-state index is 5.75. The molecule has 0 spiro atoms. The minimum absolute atomic E-state index is 0.121. The standard InChI is InChI=1S/C9H17N5O/c1-7(10)9-11-12-13-14(9)5-4-8-3-2-6-15-8/h7-8H,2-6,10H2,1H3. The van der Waals surface area contributed by atoms with Crippen LogP contribution in [0.1, 0.15) is 38.1 Å². The van der Waals surface area contributed by atoms with Gasteiger partial charge in [-0.25, -0.2) is 4.68 Å². The van der Waals surface area contributed by atoms with Gasteiger partial charge in [-0.15, -0.1) is 5.10 Å². The highest BCUT2D eigenvalue weighted by atomic mass is 16.5. The second kappa shape index (κ2) is 4.67. The smallest absolute Gasteiger partial charge is 0.167 e. The highest BCUT2D eigenvalue weighted by molar-refractivity contribution is 4.87. The number of rotatable bonds is 4. The van der Waals surface area contributed by atoms with E-state index in [-0.39, 0.29) is 6.04 Å². The summed E-state index contributed by atoms with van der Waals surface area (Å²) in [5, 5.41) is 11.4. The van der Waals surface area contributed by atoms with Crippen LogP contribution in [0.15, 0.2) is 0 Å². The summed E-state index contributed by atoms with van der Waals surface area (Å²) in [4.78, 5) is 0. The average Bonchev–Trinajstić information content (AvgIpc) is 2.86. The predicted octanol–water partition coefficient (Wildman–Crippen LogP) is 0.262. The molecule has 6 nitrogen and oxygen atoms in total. The number of aromatic nitrogens is 4. The van der Waals surface area contributed by atoms with Crippen LogP contribution in [-0.2, 0) is 11.3 Å². The number of nitrogens with two attached hydrogens (primary N) is 1. The van der Waals surface area contributed by atoms with Crippen molar-refractivity contribution < 1.29 is 4.74 Å². The average molecular weight is 211 g/mol. The Kier molecular flexibility index (Phi) is 3.27. The first kappa shape index (κ1) is 10.5. The van der Waals surface area contributed by atoms with Gasteiger partial charge >= 0.3 is 0 Å². The molecule has 1 fully saturated rings. The van der Waals surface area contributed by atoms with Crippen LogP contribution in [0.4, 0.5) is 0 Å². The lowest BCUT2D eigenvalue weighted by atomic mass is 10.2. The quantitative estimate of drug-likeness (QED) is 0.773. The van der Waals surface area contributed by atoms with E-state index in [1.165, 1.54) is 6.42 Å². The van der Waals surface area contributed by atoms with Gasteiger partial charge in [-0.3, -0.25) is 0 Å². The summed E-state index contributed by atoms with van der Waals surface area (Å²) < 4.78 is 7.31. The molecular formula is C9H17N5O. The van der Waals surface area contributed by atoms with Gasteiger partial charge in [0.2, 0.25) is 0 Å². The maximum absolute atomic E-state index is 5.75. The van der Waals surface area contributed by atoms with Crippen molar-refractivity contribution in [3.8, 4) is 0 Å². The van der Waals surface area contributed by atoms with Crippen LogP contribution in [-0.4, -0.2) is 32.9 Å². The summed E-state index contributed by atoms with van der Waals surface area (Å²) in [5.41, 5.74) is 5.75. The van der Waals surface area contributed by atoms with Crippen molar-refractivity contribution in [1.82, 2.24) is 20.2 Å². The molecule has 84 valence electrons. The Hall–Kier alpha value is -1.01. The fraction of sp³-hybridized carbons (Fsp3) is 0.889. The molecule has 1 aromatic heterocycles. The number of aryl methyl sites for hydroxylation is 1. The Morgan fingerprint density at radius 1 is 1.67 bits per heavy atom. The SMILES string of the molecule is CC(N)c1nnnn1CCC1CCCO1. The molecule has 6 heteroatoms. The molecule has 1 aliphatic heterocycles. The van der Waals surface area contributed by atoms with Gasteiger partial charge in [0.05, 0.1) is 12.1 Å². The van der Waals surface area contributed by atoms with Gasteiger partial charge in [-0.2, -0.15) is 0 Å². The van der Waals surface area contributed by atoms with Crippen LogP contribution in [0.25, 0.3) is 0 Å². The number of tetrazole rings is 1. The maximum Gasteiger partial charge on any atom is 0.167 e. The lowest BCUT2D eigenvalue weighted by Crippen LogP contribution is -2.17. The van der Waals surface area contributed by atoms with Gasteiger partial charge in [-0.1, -0.05) is 0 Å². The Bertz CT molecular complexity index is 305. The molecule has 2 heterocycles. The van der Waals surface area contributed by atoms with E-state index in [4.69, 9.17) is 10.5 Å². The third-order valence-corrected chi connectivity index (χ3v) is 2.65. The fourth-order valence-corrected chi connectivity index (χ4v) is 1.84. The van der Waals surface area contributed by atoms with E-state index in [9.17, 15) is 0 Å². The largest absolute Gasteiger partial charge is 0.378 e. The molecule has 2 rings (SSSR count). The van der Waals surface area contributed by atoms with Crippen molar-refractivity contribution >= 4 is 0 Å². The van der Waals surface area contributed by atoms with Crippen molar-refractivity contribution in [2.24, 2.45) is 5.73 Å². The normalized spacial score (nSPS) is 23.2. The van der Waals surface area contributed by atoms with Crippen LogP contribution in [0, 0.1) is 0 Å². The van der Waals surface area contributed by atoms with Crippen molar-refractivity contribution in [2.45, 2.75) is 44.9 Å². The van der Waals surface area contributed by atoms with Crippen molar-refractivity contribution in [3.05, 3.63) is 5.82 Å². The molecular weight excluding hydrogens is 194 g/mol. The van der Waals surface area contributed by atoms with Crippen LogP contribution in [0.3, 0.4) is 0 Å². The monoisotopic (exact) mass is 211 g/mol. The Morgan fingerprint density at radius 2 is 2.53 bits per heavy atom. The molecule has 0 aliphatic carbocycles. The molecule has 15 heavy (non-hydrogen) atoms. The summed E-state index contributed by atoms with van der Waals surface area (Å²) in [7, 11) is 0. The third-order valence-electron chi connectivity index (χ3n) is 2.65. The van der Waals surface area contributed by atoms with Crippen LogP contribution < -0.4 is 5.73 Å². The fourth-order valence-electron chi connectivity index (χ4n) is 1.84. The Morgan fingerprint density at radius 3 is 3.20 bits per heavy atom. The van der Waals surface area contributed by atoms with E-state index >= 15 is 0 Å². The molecule has 1 saturated heterocycles. The number of nitrogens with zero attached hydrogens (tertiary/aromatic N) is 4. The van der Waals surface area contributed by atoms with E-state index in [0.29, 0.717) is 6.10 Å². The minimum atomic E-state index is -0.121. The van der Waals surface area contributed by atoms with E-state index in [1.54, 1.807) is 4.68 Å². The molecule has 2 N–H and O–H groups in total. The molecule has 0 aromatic carbocycles. The first-order chi connectivity index (χ1) is 7.27. The molecule has 0 amide bonds. The lowest BCUT2D eigenvalue weighted by molar-refractivity contribution is 0.0989. The molecule has 2 atom stereocenters. The molecule has 1 aliphatic rings. The highest BCUT2D eigenvalue weighted by Crippen LogP contribution is 2.16. The second-order valence-corrected chi connectivity index (χ2v) is 3.97. The van der Waals surface area contributed by atoms with Crippen molar-refractivity contribution in [1.29, 1.82) is 0 Å². The van der Waals surface area contributed by atoms with Crippen LogP contribution >= 0.6 is 0 Å². The number of ether oxygens (including phenoxy) is 1. The number of hydrogen-bond acceptors (Lipinski definition) is 5. The van der Waals surface area contributed by atoms with Crippen LogP contribution in [0.2, 0.25) is 0 Å². The van der Waals surface area contributed by atoms with Crippen molar-refractivity contribution in [2.75, 3.05) is 6.61 Å². The van der Waals surface area contributed by atoms with Gasteiger partial charge in [0.15, 0.2) is 5.82 Å². The van der Waals surface area contributed by atoms with Gasteiger partial charge in [0, 0.05) is 13.2 Å². The Labute approximate surface area is 88.8 Å². The first-order valence-electron chi connectivity index (χ1n) is 5.40. The van der Waals surface area contributed by atoms with Gasteiger partial charge < -0.3 is 10.5 Å². The van der Waals surface area contributed by atoms with E-state index in [0.717, 1.165) is 31.8 Å². The van der Waals surface area contributed by atoms with E-state index in [1.807, 2.05) is 6.92 Å². The molecule has 2 unspecified atom stereocenters. The summed E-state index contributed by atoms with van der Waals surface area (Å²) in [5.74, 6) is 0.744. The molecule has 0 bridgehead atoms. The third kappa shape index (κ3) is 2.51. The summed E-state index contributed by atoms with van der Waals surface area (Å²) in [6.07, 6.45) is 3.65. The van der Waals surface area contributed by atoms with E-state index in [2.05, 4.69) is 15.5 Å². The summed E-state index contributed by atoms with van der Waals surface area (Å²) in [6, 6.07) is -0.121. The van der Waals surface area contributed by atoms with Gasteiger partial charge in [0.1, 0.15) is 0 Å². The van der Waals surface area contributed by atoms with Crippen molar-refractivity contribution in [3.63, 3.8) is 0 Å². The molecule has 0 radical (unpaired) electrons. The first-order valence-corrected chi connectivity index (χ1v) is 5.40. The molecule has 0 saturated carbocycles. The lowest BCUT2D eigenvalue weighted by Gasteiger charge is -2.10. The Balaban J connectivity index is 1.89. The highest BCUT2D eigenvalue weighted by Gasteiger charge is 2.17. The summed E-state index contributed by atoms with van der Waals surface area (Å²) >= 11 is 0. The summed E-state index contributed by atoms with van der Waals surface area (Å²) in [6.45, 7) is 3.56. The van der Waals surface area contributed by atoms with E-state index < -0.39 is 0 Å². The van der Waals surface area contributed by atoms with Crippen LogP contribution in [0.5, 0.6) is 0 Å². The van der Waals surface area contributed by atoms with Gasteiger partial charge in [-0.05, 0) is 36.6 Å². The van der Waals surface area contributed by atoms with Gasteiger partial charge in [0.25, 0.3) is 0 Å². The predicted molar refractivity (Wildman–Crippen MR) is 54.0 cm³/mol. The molecule has 1 aromatic rings. The minimum Gasteiger partial charge on any atom is -0.378 e. The zero-order chi connectivity index (χ0) is 10.7. The number of hydrogen-bond donors (Lipinski definition) is 1. The zero-order valence-corrected chi connectivity index (χ0v) is 8.96.